The number of rotatable bonds is 7. The first-order valence-corrected chi connectivity index (χ1v) is 9.11. The standard InChI is InChI=1S/C21H24FN3O4/c1-13(2)17-9-4-14(3)10-18(17)29-12-20(27)25-24-19(26)11-23-21(28)15-5-7-16(22)8-6-15/h4-10,13H,11-12H2,1-3H3,(H,23,28)(H,24,26)(H,25,27). The van der Waals surface area contributed by atoms with E-state index >= 15 is 0 Å². The van der Waals surface area contributed by atoms with Crippen molar-refractivity contribution in [2.24, 2.45) is 0 Å². The highest BCUT2D eigenvalue weighted by Gasteiger charge is 2.12. The van der Waals surface area contributed by atoms with Gasteiger partial charge in [0.1, 0.15) is 11.6 Å². The fourth-order valence-corrected chi connectivity index (χ4v) is 2.47. The molecule has 2 aromatic rings. The van der Waals surface area contributed by atoms with E-state index in [4.69, 9.17) is 4.74 Å². The summed E-state index contributed by atoms with van der Waals surface area (Å²) in [6.07, 6.45) is 0. The van der Waals surface area contributed by atoms with E-state index in [1.807, 2.05) is 39.0 Å². The molecule has 0 aliphatic heterocycles. The van der Waals surface area contributed by atoms with Crippen LogP contribution in [0.15, 0.2) is 42.5 Å². The zero-order chi connectivity index (χ0) is 21.4. The number of carbonyl (C=O) groups excluding carboxylic acids is 3. The first-order chi connectivity index (χ1) is 13.8. The first-order valence-electron chi connectivity index (χ1n) is 9.11. The molecule has 0 saturated carbocycles. The number of hydrazine groups is 1. The molecule has 0 unspecified atom stereocenters. The van der Waals surface area contributed by atoms with Crippen LogP contribution in [0.3, 0.4) is 0 Å². The van der Waals surface area contributed by atoms with Crippen molar-refractivity contribution >= 4 is 17.7 Å². The fraction of sp³-hybridized carbons (Fsp3) is 0.286. The van der Waals surface area contributed by atoms with E-state index in [-0.39, 0.29) is 24.6 Å². The van der Waals surface area contributed by atoms with Crippen LogP contribution in [0.1, 0.15) is 41.3 Å². The van der Waals surface area contributed by atoms with Crippen molar-refractivity contribution < 1.29 is 23.5 Å². The summed E-state index contributed by atoms with van der Waals surface area (Å²) in [5.41, 5.74) is 6.62. The van der Waals surface area contributed by atoms with Gasteiger partial charge in [0.05, 0.1) is 6.54 Å². The van der Waals surface area contributed by atoms with Gasteiger partial charge in [0.2, 0.25) is 0 Å². The van der Waals surface area contributed by atoms with Crippen LogP contribution < -0.4 is 20.9 Å². The summed E-state index contributed by atoms with van der Waals surface area (Å²) in [7, 11) is 0. The highest BCUT2D eigenvalue weighted by atomic mass is 19.1. The van der Waals surface area contributed by atoms with Crippen LogP contribution in [0.2, 0.25) is 0 Å². The molecule has 3 N–H and O–H groups in total. The van der Waals surface area contributed by atoms with Gasteiger partial charge in [-0.15, -0.1) is 0 Å². The third kappa shape index (κ3) is 6.91. The van der Waals surface area contributed by atoms with Crippen LogP contribution in [0.4, 0.5) is 4.39 Å². The van der Waals surface area contributed by atoms with Crippen molar-refractivity contribution in [3.63, 3.8) is 0 Å². The highest BCUT2D eigenvalue weighted by Crippen LogP contribution is 2.27. The summed E-state index contributed by atoms with van der Waals surface area (Å²) < 4.78 is 18.4. The molecule has 8 heteroatoms. The second-order valence-electron chi connectivity index (χ2n) is 6.77. The maximum atomic E-state index is 12.8. The molecule has 0 radical (unpaired) electrons. The normalized spacial score (nSPS) is 10.4. The molecule has 154 valence electrons. The van der Waals surface area contributed by atoms with E-state index in [1.54, 1.807) is 0 Å². The van der Waals surface area contributed by atoms with Crippen molar-refractivity contribution in [1.29, 1.82) is 0 Å². The fourth-order valence-electron chi connectivity index (χ4n) is 2.47. The Balaban J connectivity index is 1.75. The Morgan fingerprint density at radius 3 is 2.31 bits per heavy atom. The van der Waals surface area contributed by atoms with Crippen LogP contribution >= 0.6 is 0 Å². The van der Waals surface area contributed by atoms with E-state index in [0.29, 0.717) is 5.75 Å². The predicted octanol–water partition coefficient (Wildman–Crippen LogP) is 2.21. The lowest BCUT2D eigenvalue weighted by molar-refractivity contribution is -0.129. The molecular weight excluding hydrogens is 377 g/mol. The predicted molar refractivity (Wildman–Crippen MR) is 106 cm³/mol. The van der Waals surface area contributed by atoms with Crippen molar-refractivity contribution in [3.8, 4) is 5.75 Å². The summed E-state index contributed by atoms with van der Waals surface area (Å²) in [6.45, 7) is 5.35. The SMILES string of the molecule is Cc1ccc(C(C)C)c(OCC(=O)NNC(=O)CNC(=O)c2ccc(F)cc2)c1. The Morgan fingerprint density at radius 1 is 1.00 bits per heavy atom. The lowest BCUT2D eigenvalue weighted by Gasteiger charge is -2.15. The van der Waals surface area contributed by atoms with Crippen LogP contribution in [0.5, 0.6) is 5.75 Å². The zero-order valence-electron chi connectivity index (χ0n) is 16.5. The Hall–Kier alpha value is -3.42. The van der Waals surface area contributed by atoms with E-state index in [2.05, 4.69) is 16.2 Å². The molecule has 0 fully saturated rings. The molecule has 7 nitrogen and oxygen atoms in total. The van der Waals surface area contributed by atoms with E-state index in [1.165, 1.54) is 12.1 Å². The van der Waals surface area contributed by atoms with E-state index < -0.39 is 23.5 Å². The molecule has 0 heterocycles. The van der Waals surface area contributed by atoms with Gasteiger partial charge in [-0.3, -0.25) is 25.2 Å². The average molecular weight is 401 g/mol. The topological polar surface area (TPSA) is 96.5 Å². The third-order valence-corrected chi connectivity index (χ3v) is 4.01. The number of ether oxygens (including phenoxy) is 1. The van der Waals surface area contributed by atoms with Gasteiger partial charge in [-0.05, 0) is 54.3 Å². The number of carbonyl (C=O) groups is 3. The Kier molecular flexibility index (Phi) is 7.70. The minimum Gasteiger partial charge on any atom is -0.483 e. The molecule has 0 spiro atoms. The van der Waals surface area contributed by atoms with Gasteiger partial charge in [0, 0.05) is 5.56 Å². The zero-order valence-corrected chi connectivity index (χ0v) is 16.5. The second-order valence-corrected chi connectivity index (χ2v) is 6.77. The summed E-state index contributed by atoms with van der Waals surface area (Å²) >= 11 is 0. The highest BCUT2D eigenvalue weighted by molar-refractivity contribution is 5.96. The molecule has 0 atom stereocenters. The quantitative estimate of drug-likeness (QED) is 0.620. The molecule has 2 aromatic carbocycles. The maximum Gasteiger partial charge on any atom is 0.276 e. The van der Waals surface area contributed by atoms with E-state index in [0.717, 1.165) is 23.3 Å². The molecule has 29 heavy (non-hydrogen) atoms. The Morgan fingerprint density at radius 2 is 1.66 bits per heavy atom. The number of halogens is 1. The second kappa shape index (κ2) is 10.2. The van der Waals surface area contributed by atoms with Crippen molar-refractivity contribution in [3.05, 3.63) is 65.0 Å². The lowest BCUT2D eigenvalue weighted by atomic mass is 10.0. The van der Waals surface area contributed by atoms with Crippen LogP contribution in [0.25, 0.3) is 0 Å². The number of hydrogen-bond donors (Lipinski definition) is 3. The number of hydrogen-bond acceptors (Lipinski definition) is 4. The van der Waals surface area contributed by atoms with Crippen LogP contribution in [-0.4, -0.2) is 30.9 Å². The Bertz CT molecular complexity index is 882. The summed E-state index contributed by atoms with van der Waals surface area (Å²) in [6, 6.07) is 10.7. The van der Waals surface area contributed by atoms with Gasteiger partial charge in [-0.1, -0.05) is 26.0 Å². The molecular formula is C21H24FN3O4. The maximum absolute atomic E-state index is 12.8. The van der Waals surface area contributed by atoms with Crippen LogP contribution in [-0.2, 0) is 9.59 Å². The molecule has 0 saturated heterocycles. The molecule has 0 aliphatic carbocycles. The average Bonchev–Trinajstić information content (AvgIpc) is 2.69. The van der Waals surface area contributed by atoms with Crippen LogP contribution in [0, 0.1) is 12.7 Å². The van der Waals surface area contributed by atoms with Gasteiger partial charge in [-0.25, -0.2) is 4.39 Å². The first kappa shape index (κ1) is 21.9. The third-order valence-electron chi connectivity index (χ3n) is 4.01. The Labute approximate surface area is 168 Å². The lowest BCUT2D eigenvalue weighted by Crippen LogP contribution is -2.47. The van der Waals surface area contributed by atoms with Gasteiger partial charge in [0.25, 0.3) is 17.7 Å². The number of nitrogens with one attached hydrogen (secondary N) is 3. The number of aryl methyl sites for hydroxylation is 1. The smallest absolute Gasteiger partial charge is 0.276 e. The van der Waals surface area contributed by atoms with Crippen molar-refractivity contribution in [1.82, 2.24) is 16.2 Å². The molecule has 0 aliphatic rings. The summed E-state index contributed by atoms with van der Waals surface area (Å²) in [4.78, 5) is 35.5. The van der Waals surface area contributed by atoms with Gasteiger partial charge < -0.3 is 10.1 Å². The van der Waals surface area contributed by atoms with Gasteiger partial charge in [-0.2, -0.15) is 0 Å². The molecule has 2 rings (SSSR count). The van der Waals surface area contributed by atoms with Crippen molar-refractivity contribution in [2.75, 3.05) is 13.2 Å². The van der Waals surface area contributed by atoms with E-state index in [9.17, 15) is 18.8 Å². The summed E-state index contributed by atoms with van der Waals surface area (Å²) in [5.74, 6) is -1.30. The molecule has 3 amide bonds. The number of amides is 3. The molecule has 0 aromatic heterocycles. The summed E-state index contributed by atoms with van der Waals surface area (Å²) in [5, 5.41) is 2.37. The minimum absolute atomic E-state index is 0.218. The molecule has 0 bridgehead atoms. The van der Waals surface area contributed by atoms with Crippen molar-refractivity contribution in [2.45, 2.75) is 26.7 Å². The van der Waals surface area contributed by atoms with Gasteiger partial charge in [0.15, 0.2) is 6.61 Å². The number of benzene rings is 2. The van der Waals surface area contributed by atoms with Gasteiger partial charge >= 0.3 is 0 Å². The monoisotopic (exact) mass is 401 g/mol. The minimum atomic E-state index is -0.618. The largest absolute Gasteiger partial charge is 0.483 e.